The first-order valence-electron chi connectivity index (χ1n) is 5.34. The minimum Gasteiger partial charge on any atom is -0.478 e. The highest BCUT2D eigenvalue weighted by molar-refractivity contribution is 6.31. The Balaban J connectivity index is 2.92. The van der Waals surface area contributed by atoms with Crippen molar-refractivity contribution in [3.63, 3.8) is 0 Å². The second kappa shape index (κ2) is 5.75. The molecule has 0 radical (unpaired) electrons. The van der Waals surface area contributed by atoms with E-state index in [2.05, 4.69) is 12.2 Å². The van der Waals surface area contributed by atoms with Crippen LogP contribution in [0.5, 0.6) is 0 Å². The van der Waals surface area contributed by atoms with Gasteiger partial charge in [0, 0.05) is 11.1 Å². The van der Waals surface area contributed by atoms with Crippen LogP contribution in [0.25, 0.3) is 0 Å². The van der Waals surface area contributed by atoms with Gasteiger partial charge in [0.15, 0.2) is 0 Å². The second-order valence-corrected chi connectivity index (χ2v) is 4.27. The molecule has 0 spiro atoms. The molecule has 0 aromatic heterocycles. The van der Waals surface area contributed by atoms with Gasteiger partial charge >= 0.3 is 5.97 Å². The molecule has 1 aromatic rings. The van der Waals surface area contributed by atoms with E-state index in [0.29, 0.717) is 10.7 Å². The first kappa shape index (κ1) is 12.8. The number of benzene rings is 1. The van der Waals surface area contributed by atoms with Gasteiger partial charge < -0.3 is 10.4 Å². The van der Waals surface area contributed by atoms with E-state index in [1.165, 1.54) is 6.07 Å². The van der Waals surface area contributed by atoms with Crippen molar-refractivity contribution in [1.82, 2.24) is 0 Å². The van der Waals surface area contributed by atoms with Gasteiger partial charge in [-0.05, 0) is 31.5 Å². The Bertz CT molecular complexity index is 379. The molecule has 3 nitrogen and oxygen atoms in total. The van der Waals surface area contributed by atoms with E-state index in [9.17, 15) is 4.79 Å². The first-order chi connectivity index (χ1) is 7.54. The van der Waals surface area contributed by atoms with Gasteiger partial charge in [-0.1, -0.05) is 24.9 Å². The van der Waals surface area contributed by atoms with Crippen molar-refractivity contribution < 1.29 is 9.90 Å². The van der Waals surface area contributed by atoms with Crippen molar-refractivity contribution in [2.75, 3.05) is 5.32 Å². The van der Waals surface area contributed by atoms with E-state index in [-0.39, 0.29) is 11.6 Å². The summed E-state index contributed by atoms with van der Waals surface area (Å²) in [5.74, 6) is -0.942. The highest BCUT2D eigenvalue weighted by Gasteiger charge is 2.11. The molecule has 2 N–H and O–H groups in total. The monoisotopic (exact) mass is 241 g/mol. The number of hydrogen-bond acceptors (Lipinski definition) is 2. The molecule has 0 aliphatic rings. The number of carboxylic acids is 1. The maximum atomic E-state index is 11.0. The van der Waals surface area contributed by atoms with Crippen LogP contribution in [0.3, 0.4) is 0 Å². The van der Waals surface area contributed by atoms with Gasteiger partial charge in [-0.25, -0.2) is 4.79 Å². The van der Waals surface area contributed by atoms with Gasteiger partial charge in [0.2, 0.25) is 0 Å². The quantitative estimate of drug-likeness (QED) is 0.828. The number of anilines is 1. The molecule has 0 fully saturated rings. The zero-order chi connectivity index (χ0) is 12.1. The van der Waals surface area contributed by atoms with E-state index in [4.69, 9.17) is 16.7 Å². The summed E-state index contributed by atoms with van der Waals surface area (Å²) in [6, 6.07) is 4.99. The van der Waals surface area contributed by atoms with Gasteiger partial charge in [0.05, 0.1) is 11.3 Å². The summed E-state index contributed by atoms with van der Waals surface area (Å²) >= 11 is 5.85. The van der Waals surface area contributed by atoms with Gasteiger partial charge in [-0.15, -0.1) is 0 Å². The molecule has 16 heavy (non-hydrogen) atoms. The van der Waals surface area contributed by atoms with Gasteiger partial charge in [0.25, 0.3) is 0 Å². The van der Waals surface area contributed by atoms with Crippen LogP contribution in [-0.2, 0) is 0 Å². The lowest BCUT2D eigenvalue weighted by molar-refractivity contribution is 0.0698. The Labute approximate surface area is 100 Å². The topological polar surface area (TPSA) is 49.3 Å². The number of hydrogen-bond donors (Lipinski definition) is 2. The second-order valence-electron chi connectivity index (χ2n) is 3.83. The molecule has 1 rings (SSSR count). The summed E-state index contributed by atoms with van der Waals surface area (Å²) < 4.78 is 0. The highest BCUT2D eigenvalue weighted by atomic mass is 35.5. The van der Waals surface area contributed by atoms with Gasteiger partial charge in [-0.2, -0.15) is 0 Å². The van der Waals surface area contributed by atoms with Crippen LogP contribution < -0.4 is 5.32 Å². The minimum atomic E-state index is -0.942. The molecule has 1 unspecified atom stereocenters. The molecule has 0 aliphatic carbocycles. The molecular formula is C12H16ClNO2. The predicted octanol–water partition coefficient (Wildman–Crippen LogP) is 3.64. The maximum absolute atomic E-state index is 11.0. The number of aromatic carboxylic acids is 1. The minimum absolute atomic E-state index is 0.238. The Morgan fingerprint density at radius 2 is 2.25 bits per heavy atom. The molecule has 0 amide bonds. The third-order valence-corrected chi connectivity index (χ3v) is 2.57. The molecule has 1 aromatic carbocycles. The van der Waals surface area contributed by atoms with E-state index < -0.39 is 5.97 Å². The molecule has 4 heteroatoms. The zero-order valence-corrected chi connectivity index (χ0v) is 10.2. The Morgan fingerprint density at radius 3 is 2.81 bits per heavy atom. The predicted molar refractivity (Wildman–Crippen MR) is 66.4 cm³/mol. The molecule has 0 aliphatic heterocycles. The molecule has 0 saturated heterocycles. The van der Waals surface area contributed by atoms with Crippen LogP contribution in [0, 0.1) is 0 Å². The third-order valence-electron chi connectivity index (χ3n) is 2.34. The normalized spacial score (nSPS) is 12.2. The standard InChI is InChI=1S/C12H16ClNO2/c1-3-4-8(2)14-11-7-9(13)5-6-10(11)12(15)16/h5-8,14H,3-4H2,1-2H3,(H,15,16). The van der Waals surface area contributed by atoms with Crippen LogP contribution in [0.2, 0.25) is 5.02 Å². The Morgan fingerprint density at radius 1 is 1.56 bits per heavy atom. The summed E-state index contributed by atoms with van der Waals surface area (Å²) in [4.78, 5) is 11.0. The number of nitrogens with one attached hydrogen (secondary N) is 1. The fourth-order valence-electron chi connectivity index (χ4n) is 1.59. The van der Waals surface area contributed by atoms with Crippen LogP contribution in [-0.4, -0.2) is 17.1 Å². The van der Waals surface area contributed by atoms with Crippen molar-refractivity contribution in [3.05, 3.63) is 28.8 Å². The summed E-state index contributed by atoms with van der Waals surface area (Å²) in [7, 11) is 0. The van der Waals surface area contributed by atoms with Gasteiger partial charge in [-0.3, -0.25) is 0 Å². The lowest BCUT2D eigenvalue weighted by Gasteiger charge is -2.16. The van der Waals surface area contributed by atoms with E-state index >= 15 is 0 Å². The van der Waals surface area contributed by atoms with Crippen molar-refractivity contribution in [1.29, 1.82) is 0 Å². The lowest BCUT2D eigenvalue weighted by atomic mass is 10.1. The Kier molecular flexibility index (Phi) is 4.62. The van der Waals surface area contributed by atoms with Crippen LogP contribution in [0.1, 0.15) is 37.0 Å². The Hall–Kier alpha value is -1.22. The van der Waals surface area contributed by atoms with E-state index in [1.54, 1.807) is 12.1 Å². The highest BCUT2D eigenvalue weighted by Crippen LogP contribution is 2.22. The molecular weight excluding hydrogens is 226 g/mol. The summed E-state index contributed by atoms with van der Waals surface area (Å²) in [5, 5.41) is 12.7. The first-order valence-corrected chi connectivity index (χ1v) is 5.71. The van der Waals surface area contributed by atoms with Gasteiger partial charge in [0.1, 0.15) is 0 Å². The van der Waals surface area contributed by atoms with Crippen molar-refractivity contribution in [2.45, 2.75) is 32.7 Å². The average Bonchev–Trinajstić information content (AvgIpc) is 2.17. The molecule has 0 heterocycles. The molecule has 88 valence electrons. The molecule has 1 atom stereocenters. The van der Waals surface area contributed by atoms with Crippen LogP contribution in [0.15, 0.2) is 18.2 Å². The number of halogens is 1. The number of carboxylic acid groups (broad SMARTS) is 1. The number of carbonyl (C=O) groups is 1. The van der Waals surface area contributed by atoms with E-state index in [1.807, 2.05) is 6.92 Å². The summed E-state index contributed by atoms with van der Waals surface area (Å²) in [6.45, 7) is 4.12. The summed E-state index contributed by atoms with van der Waals surface area (Å²) in [6.07, 6.45) is 2.04. The van der Waals surface area contributed by atoms with Crippen molar-refractivity contribution >= 4 is 23.3 Å². The SMILES string of the molecule is CCCC(C)Nc1cc(Cl)ccc1C(=O)O. The third kappa shape index (κ3) is 3.42. The number of rotatable bonds is 5. The summed E-state index contributed by atoms with van der Waals surface area (Å²) in [5.41, 5.74) is 0.841. The smallest absolute Gasteiger partial charge is 0.337 e. The largest absolute Gasteiger partial charge is 0.478 e. The van der Waals surface area contributed by atoms with E-state index in [0.717, 1.165) is 12.8 Å². The van der Waals surface area contributed by atoms with Crippen molar-refractivity contribution in [3.8, 4) is 0 Å². The van der Waals surface area contributed by atoms with Crippen LogP contribution in [0.4, 0.5) is 5.69 Å². The maximum Gasteiger partial charge on any atom is 0.337 e. The average molecular weight is 242 g/mol. The van der Waals surface area contributed by atoms with Crippen LogP contribution >= 0.6 is 11.6 Å². The molecule has 0 bridgehead atoms. The molecule has 0 saturated carbocycles. The lowest BCUT2D eigenvalue weighted by Crippen LogP contribution is -2.16. The fraction of sp³-hybridized carbons (Fsp3) is 0.417. The fourth-order valence-corrected chi connectivity index (χ4v) is 1.77. The zero-order valence-electron chi connectivity index (χ0n) is 9.46. The van der Waals surface area contributed by atoms with Crippen molar-refractivity contribution in [2.24, 2.45) is 0 Å².